The molecule has 1 fully saturated rings. The van der Waals surface area contributed by atoms with Crippen molar-refractivity contribution in [2.24, 2.45) is 13.0 Å². The van der Waals surface area contributed by atoms with Crippen LogP contribution in [0.4, 0.5) is 5.88 Å². The Kier molecular flexibility index (Phi) is 4.61. The second kappa shape index (κ2) is 6.70. The van der Waals surface area contributed by atoms with Crippen molar-refractivity contribution in [1.82, 2.24) is 19.6 Å². The molecule has 0 spiro atoms. The van der Waals surface area contributed by atoms with Gasteiger partial charge in [0, 0.05) is 38.0 Å². The average Bonchev–Trinajstić information content (AvgIpc) is 3.14. The fourth-order valence-corrected chi connectivity index (χ4v) is 3.32. The van der Waals surface area contributed by atoms with Gasteiger partial charge < -0.3 is 14.0 Å². The quantitative estimate of drug-likeness (QED) is 0.914. The molecule has 0 bridgehead atoms. The maximum atomic E-state index is 12.9. The molecule has 0 radical (unpaired) electrons. The predicted molar refractivity (Wildman–Crippen MR) is 90.7 cm³/mol. The van der Waals surface area contributed by atoms with Crippen LogP contribution in [-0.2, 0) is 16.6 Å². The van der Waals surface area contributed by atoms with Gasteiger partial charge in [-0.15, -0.1) is 0 Å². The van der Waals surface area contributed by atoms with Crippen molar-refractivity contribution in [1.29, 1.82) is 0 Å². The van der Waals surface area contributed by atoms with E-state index >= 15 is 0 Å². The lowest BCUT2D eigenvalue weighted by atomic mass is 9.87. The van der Waals surface area contributed by atoms with Crippen LogP contribution in [0, 0.1) is 19.8 Å². The second-order valence-electron chi connectivity index (χ2n) is 6.38. The highest BCUT2D eigenvalue weighted by Crippen LogP contribution is 2.36. The van der Waals surface area contributed by atoms with E-state index in [2.05, 4.69) is 15.5 Å². The third kappa shape index (κ3) is 3.04. The largest absolute Gasteiger partial charge is 0.338 e. The fourth-order valence-electron chi connectivity index (χ4n) is 3.32. The van der Waals surface area contributed by atoms with E-state index in [4.69, 9.17) is 4.52 Å². The van der Waals surface area contributed by atoms with Crippen LogP contribution in [0.15, 0.2) is 16.9 Å². The monoisotopic (exact) mass is 345 g/mol. The lowest BCUT2D eigenvalue weighted by Gasteiger charge is -2.39. The molecule has 2 amide bonds. The van der Waals surface area contributed by atoms with Crippen molar-refractivity contribution in [3.63, 3.8) is 0 Å². The first-order valence-corrected chi connectivity index (χ1v) is 8.44. The lowest BCUT2D eigenvalue weighted by molar-refractivity contribution is -0.142. The molecule has 3 rings (SSSR count). The highest BCUT2D eigenvalue weighted by atomic mass is 16.5. The molecular weight excluding hydrogens is 322 g/mol. The van der Waals surface area contributed by atoms with Crippen LogP contribution in [-0.4, -0.2) is 38.0 Å². The summed E-state index contributed by atoms with van der Waals surface area (Å²) in [5.41, 5.74) is 1.55. The summed E-state index contributed by atoms with van der Waals surface area (Å²) in [5, 5.41) is 6.70. The average molecular weight is 345 g/mol. The number of amides is 2. The van der Waals surface area contributed by atoms with Gasteiger partial charge in [-0.1, -0.05) is 5.16 Å². The van der Waals surface area contributed by atoms with E-state index in [0.717, 1.165) is 11.3 Å². The number of imidazole rings is 1. The number of nitrogens with one attached hydrogen (secondary N) is 1. The highest BCUT2D eigenvalue weighted by molar-refractivity contribution is 5.94. The Balaban J connectivity index is 1.91. The van der Waals surface area contributed by atoms with Crippen molar-refractivity contribution in [2.75, 3.05) is 11.9 Å². The number of piperidine rings is 1. The number of nitrogens with zero attached hydrogens (tertiary/aromatic N) is 4. The van der Waals surface area contributed by atoms with Crippen LogP contribution in [0.2, 0.25) is 0 Å². The van der Waals surface area contributed by atoms with Crippen LogP contribution in [0.5, 0.6) is 0 Å². The topological polar surface area (TPSA) is 93.3 Å². The second-order valence-corrected chi connectivity index (χ2v) is 6.38. The van der Waals surface area contributed by atoms with E-state index in [9.17, 15) is 9.59 Å². The molecule has 25 heavy (non-hydrogen) atoms. The van der Waals surface area contributed by atoms with E-state index in [1.165, 1.54) is 0 Å². The summed E-state index contributed by atoms with van der Waals surface area (Å²) in [6, 6.07) is -0.393. The third-order valence-electron chi connectivity index (χ3n) is 4.90. The van der Waals surface area contributed by atoms with Crippen molar-refractivity contribution >= 4 is 17.7 Å². The molecule has 8 nitrogen and oxygen atoms in total. The van der Waals surface area contributed by atoms with E-state index < -0.39 is 12.0 Å². The summed E-state index contributed by atoms with van der Waals surface area (Å²) in [4.78, 5) is 31.4. The van der Waals surface area contributed by atoms with E-state index in [1.54, 1.807) is 11.1 Å². The number of aromatic nitrogens is 3. The van der Waals surface area contributed by atoms with Gasteiger partial charge in [-0.2, -0.15) is 0 Å². The molecule has 1 aliphatic rings. The number of carbonyl (C=O) groups is 2. The molecule has 2 aromatic rings. The lowest BCUT2D eigenvalue weighted by Crippen LogP contribution is -2.47. The standard InChI is InChI=1S/C17H23N5O3/c1-5-22-13(23)7-6-12(14(22)15-18-8-9-21(15)4)16(24)19-17-10(2)11(3)20-25-17/h8-9,12,14H,5-7H2,1-4H3,(H,19,24)/t12-,14-/m0/s1. The zero-order valence-electron chi connectivity index (χ0n) is 14.9. The molecular formula is C17H23N5O3. The molecule has 1 aliphatic heterocycles. The SMILES string of the molecule is CCN1C(=O)CC[C@H](C(=O)Nc2onc(C)c2C)[C@H]1c1nccn1C. The molecule has 0 aliphatic carbocycles. The maximum Gasteiger partial charge on any atom is 0.234 e. The molecule has 0 aromatic carbocycles. The van der Waals surface area contributed by atoms with Crippen LogP contribution < -0.4 is 5.32 Å². The third-order valence-corrected chi connectivity index (χ3v) is 4.90. The Morgan fingerprint density at radius 2 is 2.20 bits per heavy atom. The van der Waals surface area contributed by atoms with Crippen LogP contribution in [0.25, 0.3) is 0 Å². The molecule has 0 unspecified atom stereocenters. The Hall–Kier alpha value is -2.64. The minimum absolute atomic E-state index is 0.0474. The number of anilines is 1. The van der Waals surface area contributed by atoms with Crippen LogP contribution in [0.1, 0.15) is 42.9 Å². The Labute approximate surface area is 146 Å². The van der Waals surface area contributed by atoms with Crippen LogP contribution >= 0.6 is 0 Å². The molecule has 2 atom stereocenters. The minimum Gasteiger partial charge on any atom is -0.338 e. The van der Waals surface area contributed by atoms with Gasteiger partial charge in [-0.25, -0.2) is 4.98 Å². The van der Waals surface area contributed by atoms with Gasteiger partial charge in [0.05, 0.1) is 11.6 Å². The van der Waals surface area contributed by atoms with E-state index in [0.29, 0.717) is 31.1 Å². The summed E-state index contributed by atoms with van der Waals surface area (Å²) in [6.07, 6.45) is 4.33. The van der Waals surface area contributed by atoms with Gasteiger partial charge in [0.15, 0.2) is 0 Å². The first-order chi connectivity index (χ1) is 11.9. The van der Waals surface area contributed by atoms with E-state index in [1.807, 2.05) is 38.6 Å². The molecule has 3 heterocycles. The molecule has 1 saturated heterocycles. The Morgan fingerprint density at radius 1 is 1.44 bits per heavy atom. The molecule has 134 valence electrons. The number of hydrogen-bond donors (Lipinski definition) is 1. The van der Waals surface area contributed by atoms with Gasteiger partial charge in [0.2, 0.25) is 17.7 Å². The molecule has 2 aromatic heterocycles. The van der Waals surface area contributed by atoms with Crippen molar-refractivity contribution in [2.45, 2.75) is 39.7 Å². The first kappa shape index (κ1) is 17.2. The van der Waals surface area contributed by atoms with Crippen LogP contribution in [0.3, 0.4) is 0 Å². The summed E-state index contributed by atoms with van der Waals surface area (Å²) in [6.45, 7) is 6.11. The number of hydrogen-bond acceptors (Lipinski definition) is 5. The molecule has 1 N–H and O–H groups in total. The van der Waals surface area contributed by atoms with Crippen molar-refractivity contribution in [3.05, 3.63) is 29.5 Å². The fraction of sp³-hybridized carbons (Fsp3) is 0.529. The van der Waals surface area contributed by atoms with Gasteiger partial charge in [-0.3, -0.25) is 14.9 Å². The Morgan fingerprint density at radius 3 is 2.76 bits per heavy atom. The number of aryl methyl sites for hydroxylation is 2. The zero-order chi connectivity index (χ0) is 18.1. The molecule has 0 saturated carbocycles. The minimum atomic E-state index is -0.399. The summed E-state index contributed by atoms with van der Waals surface area (Å²) in [7, 11) is 1.87. The predicted octanol–water partition coefficient (Wildman–Crippen LogP) is 1.96. The zero-order valence-corrected chi connectivity index (χ0v) is 14.9. The smallest absolute Gasteiger partial charge is 0.234 e. The Bertz CT molecular complexity index is 794. The van der Waals surface area contributed by atoms with Gasteiger partial charge in [0.1, 0.15) is 11.9 Å². The number of carbonyl (C=O) groups excluding carboxylic acids is 2. The highest BCUT2D eigenvalue weighted by Gasteiger charge is 2.42. The normalized spacial score (nSPS) is 20.8. The van der Waals surface area contributed by atoms with Crippen molar-refractivity contribution < 1.29 is 14.1 Å². The number of likely N-dealkylation sites (tertiary alicyclic amines) is 1. The summed E-state index contributed by atoms with van der Waals surface area (Å²) < 4.78 is 7.05. The van der Waals surface area contributed by atoms with Gasteiger partial charge >= 0.3 is 0 Å². The van der Waals surface area contributed by atoms with E-state index in [-0.39, 0.29) is 11.8 Å². The summed E-state index contributed by atoms with van der Waals surface area (Å²) in [5.74, 6) is 0.537. The number of rotatable bonds is 4. The maximum absolute atomic E-state index is 12.9. The first-order valence-electron chi connectivity index (χ1n) is 8.44. The van der Waals surface area contributed by atoms with Crippen molar-refractivity contribution in [3.8, 4) is 0 Å². The van der Waals surface area contributed by atoms with Gasteiger partial charge in [-0.05, 0) is 27.2 Å². The van der Waals surface area contributed by atoms with Gasteiger partial charge in [0.25, 0.3) is 0 Å². The molecule has 8 heteroatoms. The summed E-state index contributed by atoms with van der Waals surface area (Å²) >= 11 is 0.